The Bertz CT molecular complexity index is 1230. The average Bonchev–Trinajstić information content (AvgIpc) is 3.57. The highest BCUT2D eigenvalue weighted by Gasteiger charge is 2.32. The Kier molecular flexibility index (Phi) is 8.48. The highest BCUT2D eigenvalue weighted by Crippen LogP contribution is 2.31. The fourth-order valence-corrected chi connectivity index (χ4v) is 4.71. The van der Waals surface area contributed by atoms with E-state index in [1.165, 1.54) is 6.07 Å². The zero-order chi connectivity index (χ0) is 28.2. The van der Waals surface area contributed by atoms with Crippen molar-refractivity contribution in [2.45, 2.75) is 38.0 Å². The number of hydrogen-bond donors (Lipinski definition) is 5. The van der Waals surface area contributed by atoms with Gasteiger partial charge < -0.3 is 31.7 Å². The molecule has 0 radical (unpaired) electrons. The van der Waals surface area contributed by atoms with E-state index in [1.807, 2.05) is 0 Å². The number of aromatic hydroxyl groups is 1. The first kappa shape index (κ1) is 28.0. The van der Waals surface area contributed by atoms with E-state index in [2.05, 4.69) is 20.9 Å². The zero-order valence-corrected chi connectivity index (χ0v) is 21.2. The predicted molar refractivity (Wildman–Crippen MR) is 138 cm³/mol. The fourth-order valence-electron chi connectivity index (χ4n) is 4.71. The van der Waals surface area contributed by atoms with Crippen LogP contribution in [-0.2, 0) is 17.5 Å². The Morgan fingerprint density at radius 1 is 1.05 bits per heavy atom. The molecule has 0 aliphatic carbocycles. The maximum atomic E-state index is 12.9. The first-order chi connectivity index (χ1) is 18.5. The summed E-state index contributed by atoms with van der Waals surface area (Å²) in [5, 5.41) is 18.1. The lowest BCUT2D eigenvalue weighted by Crippen LogP contribution is -2.43. The van der Waals surface area contributed by atoms with E-state index in [-0.39, 0.29) is 29.1 Å². The third-order valence-corrected chi connectivity index (χ3v) is 6.77. The van der Waals surface area contributed by atoms with Gasteiger partial charge in [0.05, 0.1) is 23.4 Å². The Hall–Kier alpha value is -4.00. The minimum atomic E-state index is -4.63. The normalized spacial score (nSPS) is 17.7. The Labute approximate surface area is 223 Å². The third-order valence-electron chi connectivity index (χ3n) is 6.77. The van der Waals surface area contributed by atoms with Gasteiger partial charge in [0.15, 0.2) is 0 Å². The number of nitrogens with zero attached hydrogens (tertiary/aromatic N) is 2. The van der Waals surface area contributed by atoms with E-state index in [0.29, 0.717) is 50.9 Å². The van der Waals surface area contributed by atoms with Crippen molar-refractivity contribution in [1.82, 2.24) is 20.4 Å². The molecule has 0 unspecified atom stereocenters. The number of halogens is 3. The summed E-state index contributed by atoms with van der Waals surface area (Å²) in [5.74, 6) is -1.37. The van der Waals surface area contributed by atoms with E-state index in [0.717, 1.165) is 30.5 Å². The summed E-state index contributed by atoms with van der Waals surface area (Å²) >= 11 is 0. The van der Waals surface area contributed by atoms with Crippen LogP contribution in [0.3, 0.4) is 0 Å². The average molecular weight is 549 g/mol. The van der Waals surface area contributed by atoms with E-state index >= 15 is 0 Å². The van der Waals surface area contributed by atoms with Crippen LogP contribution in [0, 0.1) is 0 Å². The van der Waals surface area contributed by atoms with Crippen molar-refractivity contribution in [2.24, 2.45) is 0 Å². The third kappa shape index (κ3) is 7.31. The van der Waals surface area contributed by atoms with Gasteiger partial charge in [0.25, 0.3) is 5.91 Å². The van der Waals surface area contributed by atoms with Crippen LogP contribution >= 0.6 is 0 Å². The minimum absolute atomic E-state index is 0.0215. The molecule has 39 heavy (non-hydrogen) atoms. The van der Waals surface area contributed by atoms with Crippen LogP contribution in [0.25, 0.3) is 0 Å². The number of carbonyl (C=O) groups is 3. The number of phenolic OH excluding ortho intramolecular Hbond substituents is 1. The standard InChI is InChI=1S/C26H31F3N6O4/c27-26(28,29)17-4-5-20(30)19(12-17)24(38)31-13-23(37)32-18-7-10-34(15-18)14-16-3-6-22(36)21(11-16)33-25(39)35-8-1-2-9-35/h3-6,11-12,18,36H,1-2,7-10,13-15,30H2,(H,31,38)(H,32,37)(H,33,39)/t18-/m0/s1. The van der Waals surface area contributed by atoms with E-state index < -0.39 is 30.1 Å². The fraction of sp³-hybridized carbons (Fsp3) is 0.423. The largest absolute Gasteiger partial charge is 0.506 e. The van der Waals surface area contributed by atoms with Crippen molar-refractivity contribution in [1.29, 1.82) is 0 Å². The molecule has 13 heteroatoms. The summed E-state index contributed by atoms with van der Waals surface area (Å²) in [7, 11) is 0. The van der Waals surface area contributed by atoms with Gasteiger partial charge in [-0.15, -0.1) is 0 Å². The van der Waals surface area contributed by atoms with Crippen molar-refractivity contribution in [3.63, 3.8) is 0 Å². The quantitative estimate of drug-likeness (QED) is 0.266. The number of amides is 4. The van der Waals surface area contributed by atoms with Crippen LogP contribution in [0.1, 0.15) is 40.7 Å². The van der Waals surface area contributed by atoms with Crippen molar-refractivity contribution in [3.05, 3.63) is 53.1 Å². The molecule has 6 N–H and O–H groups in total. The number of hydrogen-bond acceptors (Lipinski definition) is 6. The summed E-state index contributed by atoms with van der Waals surface area (Å²) in [6, 6.07) is 7.05. The molecule has 4 amide bonds. The molecular formula is C26H31F3N6O4. The van der Waals surface area contributed by atoms with Gasteiger partial charge in [-0.05, 0) is 55.2 Å². The molecule has 10 nitrogen and oxygen atoms in total. The second kappa shape index (κ2) is 11.8. The van der Waals surface area contributed by atoms with Gasteiger partial charge in [-0.25, -0.2) is 4.79 Å². The molecular weight excluding hydrogens is 517 g/mol. The SMILES string of the molecule is Nc1ccc(C(F)(F)F)cc1C(=O)NCC(=O)N[C@H]1CCN(Cc2ccc(O)c(NC(=O)N3CCCC3)c2)C1. The van der Waals surface area contributed by atoms with E-state index in [1.54, 1.807) is 17.0 Å². The maximum Gasteiger partial charge on any atom is 0.416 e. The molecule has 2 aliphatic rings. The second-order valence-electron chi connectivity index (χ2n) is 9.75. The predicted octanol–water partition coefficient (Wildman–Crippen LogP) is 2.74. The van der Waals surface area contributed by atoms with Gasteiger partial charge in [0, 0.05) is 44.5 Å². The van der Waals surface area contributed by atoms with Gasteiger partial charge in [0.2, 0.25) is 5.91 Å². The van der Waals surface area contributed by atoms with Crippen LogP contribution in [0.4, 0.5) is 29.3 Å². The number of urea groups is 1. The lowest BCUT2D eigenvalue weighted by molar-refractivity contribution is -0.137. The molecule has 2 aromatic carbocycles. The highest BCUT2D eigenvalue weighted by molar-refractivity contribution is 6.01. The molecule has 2 aromatic rings. The summed E-state index contributed by atoms with van der Waals surface area (Å²) in [6.07, 6.45) is -2.04. The molecule has 2 aliphatic heterocycles. The molecule has 0 aromatic heterocycles. The molecule has 210 valence electrons. The summed E-state index contributed by atoms with van der Waals surface area (Å²) in [5.41, 5.74) is 5.38. The number of benzene rings is 2. The van der Waals surface area contributed by atoms with Gasteiger partial charge in [-0.2, -0.15) is 13.2 Å². The number of alkyl halides is 3. The number of nitrogens with two attached hydrogens (primary N) is 1. The van der Waals surface area contributed by atoms with E-state index in [9.17, 15) is 32.7 Å². The Morgan fingerprint density at radius 3 is 2.51 bits per heavy atom. The molecule has 2 saturated heterocycles. The number of likely N-dealkylation sites (tertiary alicyclic amines) is 2. The van der Waals surface area contributed by atoms with Gasteiger partial charge in [0.1, 0.15) is 5.75 Å². The maximum absolute atomic E-state index is 12.9. The Morgan fingerprint density at radius 2 is 1.79 bits per heavy atom. The second-order valence-corrected chi connectivity index (χ2v) is 9.75. The Balaban J connectivity index is 1.25. The van der Waals surface area contributed by atoms with Gasteiger partial charge in [-0.1, -0.05) is 6.07 Å². The van der Waals surface area contributed by atoms with Crippen LogP contribution < -0.4 is 21.7 Å². The van der Waals surface area contributed by atoms with Crippen LogP contribution in [0.15, 0.2) is 36.4 Å². The van der Waals surface area contributed by atoms with Crippen molar-refractivity contribution in [3.8, 4) is 5.75 Å². The number of nitrogens with one attached hydrogen (secondary N) is 3. The first-order valence-corrected chi connectivity index (χ1v) is 12.6. The van der Waals surface area contributed by atoms with Crippen LogP contribution in [0.5, 0.6) is 5.75 Å². The molecule has 0 saturated carbocycles. The van der Waals surface area contributed by atoms with Crippen LogP contribution in [-0.4, -0.2) is 71.5 Å². The summed E-state index contributed by atoms with van der Waals surface area (Å²) < 4.78 is 38.8. The lowest BCUT2D eigenvalue weighted by atomic mass is 10.1. The lowest BCUT2D eigenvalue weighted by Gasteiger charge is -2.19. The van der Waals surface area contributed by atoms with Gasteiger partial charge >= 0.3 is 12.2 Å². The van der Waals surface area contributed by atoms with Crippen molar-refractivity contribution < 1.29 is 32.7 Å². The van der Waals surface area contributed by atoms with Crippen molar-refractivity contribution in [2.75, 3.05) is 43.8 Å². The van der Waals surface area contributed by atoms with Crippen molar-refractivity contribution >= 4 is 29.2 Å². The number of carbonyl (C=O) groups excluding carboxylic acids is 3. The number of phenols is 1. The number of anilines is 2. The monoisotopic (exact) mass is 548 g/mol. The summed E-state index contributed by atoms with van der Waals surface area (Å²) in [4.78, 5) is 40.9. The number of nitrogen functional groups attached to an aromatic ring is 1. The summed E-state index contributed by atoms with van der Waals surface area (Å²) in [6.45, 7) is 2.73. The smallest absolute Gasteiger partial charge is 0.416 e. The highest BCUT2D eigenvalue weighted by atomic mass is 19.4. The molecule has 1 atom stereocenters. The van der Waals surface area contributed by atoms with Crippen LogP contribution in [0.2, 0.25) is 0 Å². The molecule has 4 rings (SSSR count). The minimum Gasteiger partial charge on any atom is -0.506 e. The van der Waals surface area contributed by atoms with Gasteiger partial charge in [-0.3, -0.25) is 14.5 Å². The van der Waals surface area contributed by atoms with E-state index in [4.69, 9.17) is 5.73 Å². The first-order valence-electron chi connectivity index (χ1n) is 12.6. The molecule has 0 bridgehead atoms. The zero-order valence-electron chi connectivity index (χ0n) is 21.2. The molecule has 2 heterocycles. The molecule has 0 spiro atoms. The number of rotatable bonds is 7. The molecule has 2 fully saturated rings. The topological polar surface area (TPSA) is 140 Å².